The van der Waals surface area contributed by atoms with E-state index in [9.17, 15) is 9.59 Å². The zero-order valence-electron chi connectivity index (χ0n) is 17.3. The first-order valence-electron chi connectivity index (χ1n) is 10.6. The standard InChI is InChI=1S/C22H29N5O2/c1-3-24(4-2)22(29)26-14-12-25(13-15-26)21(28)20-16-19(17-10-11-17)23-27(20)18-8-6-5-7-9-18/h5-9,16-17H,3-4,10-15H2,1-2H3. The van der Waals surface area contributed by atoms with E-state index in [1.54, 1.807) is 4.68 Å². The Morgan fingerprint density at radius 1 is 1.00 bits per heavy atom. The van der Waals surface area contributed by atoms with E-state index in [4.69, 9.17) is 5.10 Å². The summed E-state index contributed by atoms with van der Waals surface area (Å²) < 4.78 is 1.78. The van der Waals surface area contributed by atoms with Gasteiger partial charge >= 0.3 is 6.03 Å². The number of carbonyl (C=O) groups excluding carboxylic acids is 2. The highest BCUT2D eigenvalue weighted by Gasteiger charge is 2.32. The Balaban J connectivity index is 1.50. The fourth-order valence-electron chi connectivity index (χ4n) is 3.85. The Labute approximate surface area is 171 Å². The summed E-state index contributed by atoms with van der Waals surface area (Å²) in [6.07, 6.45) is 2.29. The van der Waals surface area contributed by atoms with Gasteiger partial charge in [0.05, 0.1) is 11.4 Å². The van der Waals surface area contributed by atoms with Crippen molar-refractivity contribution in [2.24, 2.45) is 0 Å². The molecule has 2 aliphatic rings. The molecule has 1 aliphatic heterocycles. The second kappa shape index (κ2) is 8.27. The highest BCUT2D eigenvalue weighted by atomic mass is 16.2. The van der Waals surface area contributed by atoms with Crippen LogP contribution in [0.25, 0.3) is 5.69 Å². The smallest absolute Gasteiger partial charge is 0.320 e. The molecule has 0 unspecified atom stereocenters. The number of rotatable bonds is 5. The Kier molecular flexibility index (Phi) is 5.56. The predicted molar refractivity (Wildman–Crippen MR) is 111 cm³/mol. The van der Waals surface area contributed by atoms with E-state index >= 15 is 0 Å². The third-order valence-electron chi connectivity index (χ3n) is 5.82. The number of nitrogens with zero attached hydrogens (tertiary/aromatic N) is 5. The normalized spacial score (nSPS) is 16.8. The van der Waals surface area contributed by atoms with E-state index in [-0.39, 0.29) is 11.9 Å². The number of piperazine rings is 1. The number of hydrogen-bond donors (Lipinski definition) is 0. The van der Waals surface area contributed by atoms with E-state index in [2.05, 4.69) is 0 Å². The third kappa shape index (κ3) is 3.99. The van der Waals surface area contributed by atoms with Gasteiger partial charge in [-0.3, -0.25) is 4.79 Å². The van der Waals surface area contributed by atoms with Crippen molar-refractivity contribution in [2.45, 2.75) is 32.6 Å². The molecule has 4 rings (SSSR count). The molecular weight excluding hydrogens is 366 g/mol. The number of aromatic nitrogens is 2. The van der Waals surface area contributed by atoms with Crippen molar-refractivity contribution in [3.05, 3.63) is 47.8 Å². The molecule has 0 radical (unpaired) electrons. The summed E-state index contributed by atoms with van der Waals surface area (Å²) in [5.74, 6) is 0.471. The van der Waals surface area contributed by atoms with Gasteiger partial charge in [0, 0.05) is 45.2 Å². The zero-order valence-corrected chi connectivity index (χ0v) is 17.3. The fraction of sp³-hybridized carbons (Fsp3) is 0.500. The molecule has 154 valence electrons. The maximum absolute atomic E-state index is 13.3. The van der Waals surface area contributed by atoms with Crippen LogP contribution < -0.4 is 0 Å². The molecule has 2 aromatic rings. The maximum Gasteiger partial charge on any atom is 0.320 e. The first kappa shape index (κ1) is 19.5. The van der Waals surface area contributed by atoms with Crippen molar-refractivity contribution in [1.29, 1.82) is 0 Å². The van der Waals surface area contributed by atoms with Crippen LogP contribution in [0.5, 0.6) is 0 Å². The average Bonchev–Trinajstić information content (AvgIpc) is 3.53. The van der Waals surface area contributed by atoms with Crippen LogP contribution in [0.3, 0.4) is 0 Å². The van der Waals surface area contributed by atoms with Gasteiger partial charge in [-0.25, -0.2) is 9.48 Å². The van der Waals surface area contributed by atoms with Crippen molar-refractivity contribution >= 4 is 11.9 Å². The molecule has 1 aromatic carbocycles. The van der Waals surface area contributed by atoms with Crippen LogP contribution >= 0.6 is 0 Å². The second-order valence-corrected chi connectivity index (χ2v) is 7.71. The van der Waals surface area contributed by atoms with E-state index in [0.717, 1.165) is 24.2 Å². The lowest BCUT2D eigenvalue weighted by Crippen LogP contribution is -2.54. The molecule has 1 aliphatic carbocycles. The second-order valence-electron chi connectivity index (χ2n) is 7.71. The maximum atomic E-state index is 13.3. The molecule has 2 heterocycles. The lowest BCUT2D eigenvalue weighted by molar-refractivity contribution is 0.0633. The van der Waals surface area contributed by atoms with Crippen LogP contribution in [0.1, 0.15) is 48.8 Å². The minimum absolute atomic E-state index is 0.0109. The van der Waals surface area contributed by atoms with Gasteiger partial charge in [-0.2, -0.15) is 5.10 Å². The first-order valence-corrected chi connectivity index (χ1v) is 10.6. The Morgan fingerprint density at radius 2 is 1.62 bits per heavy atom. The molecule has 29 heavy (non-hydrogen) atoms. The number of amides is 3. The zero-order chi connectivity index (χ0) is 20.4. The van der Waals surface area contributed by atoms with E-state index < -0.39 is 0 Å². The number of benzene rings is 1. The largest absolute Gasteiger partial charge is 0.334 e. The number of hydrogen-bond acceptors (Lipinski definition) is 3. The molecule has 3 amide bonds. The third-order valence-corrected chi connectivity index (χ3v) is 5.82. The highest BCUT2D eigenvalue weighted by molar-refractivity contribution is 5.93. The van der Waals surface area contributed by atoms with E-state index in [1.807, 2.05) is 64.9 Å². The molecule has 0 atom stereocenters. The number of carbonyl (C=O) groups is 2. The summed E-state index contributed by atoms with van der Waals surface area (Å²) in [5.41, 5.74) is 2.52. The van der Waals surface area contributed by atoms with Crippen molar-refractivity contribution in [3.63, 3.8) is 0 Å². The lowest BCUT2D eigenvalue weighted by atomic mass is 10.2. The molecule has 0 N–H and O–H groups in total. The summed E-state index contributed by atoms with van der Waals surface area (Å²) in [5, 5.41) is 4.74. The summed E-state index contributed by atoms with van der Waals surface area (Å²) in [7, 11) is 0. The number of urea groups is 1. The van der Waals surface area contributed by atoms with Gasteiger partial charge in [-0.05, 0) is 44.9 Å². The van der Waals surface area contributed by atoms with Crippen molar-refractivity contribution in [1.82, 2.24) is 24.5 Å². The number of para-hydroxylation sites is 1. The molecule has 1 aromatic heterocycles. The van der Waals surface area contributed by atoms with Crippen molar-refractivity contribution in [2.75, 3.05) is 39.3 Å². The van der Waals surface area contributed by atoms with Gasteiger partial charge in [0.2, 0.25) is 0 Å². The molecule has 0 bridgehead atoms. The quantitative estimate of drug-likeness (QED) is 0.782. The minimum Gasteiger partial charge on any atom is -0.334 e. The predicted octanol–water partition coefficient (Wildman–Crippen LogP) is 2.97. The highest BCUT2D eigenvalue weighted by Crippen LogP contribution is 2.39. The van der Waals surface area contributed by atoms with Crippen LogP contribution in [0, 0.1) is 0 Å². The van der Waals surface area contributed by atoms with Crippen molar-refractivity contribution < 1.29 is 9.59 Å². The molecular formula is C22H29N5O2. The summed E-state index contributed by atoms with van der Waals surface area (Å²) in [6, 6.07) is 11.8. The first-order chi connectivity index (χ1) is 14.1. The molecule has 1 saturated heterocycles. The van der Waals surface area contributed by atoms with Crippen LogP contribution in [-0.4, -0.2) is 75.7 Å². The summed E-state index contributed by atoms with van der Waals surface area (Å²) in [4.78, 5) is 31.4. The van der Waals surface area contributed by atoms with Gasteiger partial charge in [-0.1, -0.05) is 18.2 Å². The van der Waals surface area contributed by atoms with Gasteiger partial charge in [0.15, 0.2) is 0 Å². The average molecular weight is 396 g/mol. The monoisotopic (exact) mass is 395 g/mol. The van der Waals surface area contributed by atoms with Crippen LogP contribution in [-0.2, 0) is 0 Å². The minimum atomic E-state index is -0.0109. The fourth-order valence-corrected chi connectivity index (χ4v) is 3.85. The van der Waals surface area contributed by atoms with E-state index in [0.29, 0.717) is 50.9 Å². The topological polar surface area (TPSA) is 61.7 Å². The summed E-state index contributed by atoms with van der Waals surface area (Å²) in [6.45, 7) is 7.61. The van der Waals surface area contributed by atoms with Crippen LogP contribution in [0.2, 0.25) is 0 Å². The molecule has 2 fully saturated rings. The van der Waals surface area contributed by atoms with Crippen LogP contribution in [0.4, 0.5) is 4.79 Å². The lowest BCUT2D eigenvalue weighted by Gasteiger charge is -2.37. The SMILES string of the molecule is CCN(CC)C(=O)N1CCN(C(=O)c2cc(C3CC3)nn2-c2ccccc2)CC1. The van der Waals surface area contributed by atoms with E-state index in [1.165, 1.54) is 0 Å². The summed E-state index contributed by atoms with van der Waals surface area (Å²) >= 11 is 0. The van der Waals surface area contributed by atoms with Gasteiger partial charge < -0.3 is 14.7 Å². The Bertz CT molecular complexity index is 863. The van der Waals surface area contributed by atoms with Crippen molar-refractivity contribution in [3.8, 4) is 5.69 Å². The van der Waals surface area contributed by atoms with Gasteiger partial charge in [0.25, 0.3) is 5.91 Å². The molecule has 7 heteroatoms. The van der Waals surface area contributed by atoms with Gasteiger partial charge in [0.1, 0.15) is 5.69 Å². The van der Waals surface area contributed by atoms with Gasteiger partial charge in [-0.15, -0.1) is 0 Å². The Hall–Kier alpha value is -2.83. The molecule has 7 nitrogen and oxygen atoms in total. The molecule has 0 spiro atoms. The Morgan fingerprint density at radius 3 is 2.21 bits per heavy atom. The van der Waals surface area contributed by atoms with Crippen LogP contribution in [0.15, 0.2) is 36.4 Å². The molecule has 1 saturated carbocycles.